The van der Waals surface area contributed by atoms with E-state index in [1.54, 1.807) is 20.1 Å². The molecule has 0 aromatic heterocycles. The molecule has 0 bridgehead atoms. The smallest absolute Gasteiger partial charge is 0.406 e. The van der Waals surface area contributed by atoms with E-state index in [0.717, 1.165) is 5.57 Å². The average molecular weight is 288 g/mol. The zero-order chi connectivity index (χ0) is 15.8. The number of hydrogen-bond acceptors (Lipinski definition) is 3. The van der Waals surface area contributed by atoms with Gasteiger partial charge in [0.25, 0.3) is 0 Å². The number of alkyl halides is 3. The second kappa shape index (κ2) is 8.24. The highest BCUT2D eigenvalue weighted by Crippen LogP contribution is 2.24. The lowest BCUT2D eigenvalue weighted by atomic mass is 10.2. The third kappa shape index (κ3) is 7.45. The minimum Gasteiger partial charge on any atom is -0.406 e. The van der Waals surface area contributed by atoms with Gasteiger partial charge >= 0.3 is 6.36 Å². The van der Waals surface area contributed by atoms with Crippen LogP contribution in [-0.4, -0.2) is 12.6 Å². The molecule has 0 spiro atoms. The molecule has 1 aromatic rings. The van der Waals surface area contributed by atoms with Crippen LogP contribution < -0.4 is 10.5 Å². The van der Waals surface area contributed by atoms with Gasteiger partial charge in [-0.05, 0) is 43.7 Å². The fraction of sp³-hybridized carbons (Fsp3) is 0.357. The molecule has 1 rings (SSSR count). The maximum Gasteiger partial charge on any atom is 0.573 e. The highest BCUT2D eigenvalue weighted by atomic mass is 19.4. The van der Waals surface area contributed by atoms with Gasteiger partial charge < -0.3 is 10.5 Å². The molecule has 20 heavy (non-hydrogen) atoms. The molecule has 0 saturated heterocycles. The fourth-order valence-corrected chi connectivity index (χ4v) is 1.01. The van der Waals surface area contributed by atoms with E-state index in [4.69, 9.17) is 5.73 Å². The number of ether oxygens (including phenoxy) is 1. The average Bonchev–Trinajstić information content (AvgIpc) is 2.38. The summed E-state index contributed by atoms with van der Waals surface area (Å²) in [5.74, 6) is -0.274. The molecule has 0 atom stereocenters. The van der Waals surface area contributed by atoms with E-state index >= 15 is 0 Å². The first-order chi connectivity index (χ1) is 9.28. The van der Waals surface area contributed by atoms with E-state index in [9.17, 15) is 13.2 Å². The van der Waals surface area contributed by atoms with Crippen molar-refractivity contribution < 1.29 is 17.9 Å². The molecule has 0 unspecified atom stereocenters. The van der Waals surface area contributed by atoms with E-state index in [0.29, 0.717) is 11.4 Å². The van der Waals surface area contributed by atoms with Crippen molar-refractivity contribution in [1.29, 1.82) is 0 Å². The molecule has 0 fully saturated rings. The normalized spacial score (nSPS) is 12.6. The minimum absolute atomic E-state index is 0.274. The zero-order valence-electron chi connectivity index (χ0n) is 12.0. The second-order valence-electron chi connectivity index (χ2n) is 3.67. The van der Waals surface area contributed by atoms with Crippen LogP contribution in [0.1, 0.15) is 27.7 Å². The first kappa shape index (κ1) is 18.0. The summed E-state index contributed by atoms with van der Waals surface area (Å²) in [5.41, 5.74) is 7.49. The van der Waals surface area contributed by atoms with E-state index in [2.05, 4.69) is 9.73 Å². The van der Waals surface area contributed by atoms with Crippen molar-refractivity contribution >= 4 is 11.9 Å². The number of nitrogens with zero attached hydrogens (tertiary/aromatic N) is 1. The van der Waals surface area contributed by atoms with E-state index in [1.807, 2.05) is 13.8 Å². The highest BCUT2D eigenvalue weighted by molar-refractivity contribution is 5.81. The Balaban J connectivity index is 0.00000172. The number of rotatable bonds is 3. The number of halogens is 3. The van der Waals surface area contributed by atoms with Gasteiger partial charge in [0.1, 0.15) is 5.75 Å². The number of hydrogen-bond donors (Lipinski definition) is 1. The van der Waals surface area contributed by atoms with Gasteiger partial charge in [0, 0.05) is 11.9 Å². The predicted molar refractivity (Wildman–Crippen MR) is 75.2 cm³/mol. The van der Waals surface area contributed by atoms with Crippen LogP contribution in [0.3, 0.4) is 0 Å². The quantitative estimate of drug-likeness (QED) is 0.828. The third-order valence-corrected chi connectivity index (χ3v) is 2.10. The number of nitrogens with two attached hydrogens (primary N) is 1. The Morgan fingerprint density at radius 3 is 2.05 bits per heavy atom. The SMILES string of the molecule is C/C(N)=C(\C)C=Nc1ccc(OC(F)(F)F)cc1.CC. The van der Waals surface area contributed by atoms with Crippen LogP contribution in [0.25, 0.3) is 0 Å². The van der Waals surface area contributed by atoms with E-state index in [-0.39, 0.29) is 5.75 Å². The summed E-state index contributed by atoms with van der Waals surface area (Å²) in [6.45, 7) is 7.53. The topological polar surface area (TPSA) is 47.6 Å². The molecule has 1 aromatic carbocycles. The second-order valence-corrected chi connectivity index (χ2v) is 3.67. The van der Waals surface area contributed by atoms with Gasteiger partial charge in [0.15, 0.2) is 0 Å². The molecule has 0 amide bonds. The first-order valence-electron chi connectivity index (χ1n) is 6.11. The van der Waals surface area contributed by atoms with E-state index in [1.165, 1.54) is 24.3 Å². The first-order valence-corrected chi connectivity index (χ1v) is 6.11. The Hall–Kier alpha value is -1.98. The van der Waals surface area contributed by atoms with E-state index < -0.39 is 6.36 Å². The minimum atomic E-state index is -4.68. The maximum atomic E-state index is 11.9. The monoisotopic (exact) mass is 288 g/mol. The van der Waals surface area contributed by atoms with Gasteiger partial charge in [0.2, 0.25) is 0 Å². The van der Waals surface area contributed by atoms with Crippen molar-refractivity contribution in [3.63, 3.8) is 0 Å². The van der Waals surface area contributed by atoms with Crippen molar-refractivity contribution in [1.82, 2.24) is 0 Å². The van der Waals surface area contributed by atoms with Crippen molar-refractivity contribution in [2.75, 3.05) is 0 Å². The lowest BCUT2D eigenvalue weighted by molar-refractivity contribution is -0.274. The van der Waals surface area contributed by atoms with Gasteiger partial charge in [-0.3, -0.25) is 4.99 Å². The summed E-state index contributed by atoms with van der Waals surface area (Å²) in [7, 11) is 0. The molecule has 3 nitrogen and oxygen atoms in total. The molecule has 112 valence electrons. The summed E-state index contributed by atoms with van der Waals surface area (Å²) < 4.78 is 39.5. The van der Waals surface area contributed by atoms with Crippen LogP contribution in [-0.2, 0) is 0 Å². The van der Waals surface area contributed by atoms with Gasteiger partial charge in [-0.15, -0.1) is 13.2 Å². The highest BCUT2D eigenvalue weighted by Gasteiger charge is 2.30. The number of aliphatic imine (C=N–C) groups is 1. The molecular weight excluding hydrogens is 269 g/mol. The molecule has 2 N–H and O–H groups in total. The summed E-state index contributed by atoms with van der Waals surface area (Å²) in [6, 6.07) is 5.26. The molecule has 0 saturated carbocycles. The number of allylic oxidation sites excluding steroid dienone is 2. The van der Waals surface area contributed by atoms with Crippen LogP contribution in [0, 0.1) is 0 Å². The van der Waals surface area contributed by atoms with Crippen LogP contribution in [0.4, 0.5) is 18.9 Å². The Labute approximate surface area is 117 Å². The Bertz CT molecular complexity index is 458. The summed E-state index contributed by atoms with van der Waals surface area (Å²) in [6.07, 6.45) is -3.13. The molecule has 0 aliphatic heterocycles. The van der Waals surface area contributed by atoms with Crippen molar-refractivity contribution in [3.05, 3.63) is 35.5 Å². The van der Waals surface area contributed by atoms with Gasteiger partial charge in [0.05, 0.1) is 5.69 Å². The zero-order valence-corrected chi connectivity index (χ0v) is 12.0. The number of benzene rings is 1. The molecule has 0 aliphatic carbocycles. The van der Waals surface area contributed by atoms with Gasteiger partial charge in [-0.1, -0.05) is 13.8 Å². The molecule has 0 aliphatic rings. The third-order valence-electron chi connectivity index (χ3n) is 2.10. The molecular formula is C14H19F3N2O. The largest absolute Gasteiger partial charge is 0.573 e. The fourth-order valence-electron chi connectivity index (χ4n) is 1.01. The summed E-state index contributed by atoms with van der Waals surface area (Å²) >= 11 is 0. The predicted octanol–water partition coefficient (Wildman–Crippen LogP) is 4.57. The molecule has 0 radical (unpaired) electrons. The maximum absolute atomic E-state index is 11.9. The summed E-state index contributed by atoms with van der Waals surface area (Å²) in [5, 5.41) is 0. The Kier molecular flexibility index (Phi) is 7.43. The Morgan fingerprint density at radius 2 is 1.65 bits per heavy atom. The lowest BCUT2D eigenvalue weighted by Crippen LogP contribution is -2.16. The van der Waals surface area contributed by atoms with Gasteiger partial charge in [-0.2, -0.15) is 0 Å². The van der Waals surface area contributed by atoms with Crippen molar-refractivity contribution in [2.24, 2.45) is 10.7 Å². The molecule has 0 heterocycles. The van der Waals surface area contributed by atoms with Crippen LogP contribution >= 0.6 is 0 Å². The van der Waals surface area contributed by atoms with Crippen LogP contribution in [0.5, 0.6) is 5.75 Å². The van der Waals surface area contributed by atoms with Crippen LogP contribution in [0.2, 0.25) is 0 Å². The van der Waals surface area contributed by atoms with Gasteiger partial charge in [-0.25, -0.2) is 0 Å². The van der Waals surface area contributed by atoms with Crippen molar-refractivity contribution in [2.45, 2.75) is 34.1 Å². The standard InChI is InChI=1S/C12H13F3N2O.C2H6/c1-8(9(2)16)7-17-10-3-5-11(6-4-10)18-12(13,14)15;1-2/h3-7H,16H2,1-2H3;1-2H3/b9-8-,17-7?;. The summed E-state index contributed by atoms with van der Waals surface area (Å²) in [4.78, 5) is 4.07. The Morgan fingerprint density at radius 1 is 1.15 bits per heavy atom. The lowest BCUT2D eigenvalue weighted by Gasteiger charge is -2.08. The van der Waals surface area contributed by atoms with Crippen molar-refractivity contribution in [3.8, 4) is 5.75 Å². The van der Waals surface area contributed by atoms with Crippen LogP contribution in [0.15, 0.2) is 40.5 Å². The molecule has 6 heteroatoms.